The molecule has 1 aromatic rings. The van der Waals surface area contributed by atoms with Gasteiger partial charge in [0, 0.05) is 45.9 Å². The summed E-state index contributed by atoms with van der Waals surface area (Å²) in [6.07, 6.45) is 1.94. The van der Waals surface area contributed by atoms with Gasteiger partial charge in [-0.05, 0) is 25.0 Å². The Kier molecular flexibility index (Phi) is 4.95. The monoisotopic (exact) mass is 277 g/mol. The molecule has 0 saturated carbocycles. The molecule has 1 aromatic heterocycles. The summed E-state index contributed by atoms with van der Waals surface area (Å²) in [6.45, 7) is 1.76. The Morgan fingerprint density at radius 1 is 1.40 bits per heavy atom. The minimum atomic E-state index is 0.0842. The summed E-state index contributed by atoms with van der Waals surface area (Å²) in [6, 6.07) is 6.16. The highest BCUT2D eigenvalue weighted by molar-refractivity contribution is 5.77. The third-order valence-corrected chi connectivity index (χ3v) is 3.75. The molecule has 0 spiro atoms. The molecule has 0 N–H and O–H groups in total. The number of nitrogens with zero attached hydrogens (tertiary/aromatic N) is 3. The van der Waals surface area contributed by atoms with Crippen molar-refractivity contribution in [1.82, 2.24) is 9.88 Å². The number of carbonyl (C=O) groups excluding carboxylic acids is 1. The first-order valence-electron chi connectivity index (χ1n) is 7.03. The summed E-state index contributed by atoms with van der Waals surface area (Å²) >= 11 is 0. The summed E-state index contributed by atoms with van der Waals surface area (Å²) in [4.78, 5) is 20.4. The number of hydrogen-bond acceptors (Lipinski definition) is 4. The van der Waals surface area contributed by atoms with E-state index in [9.17, 15) is 4.79 Å². The fraction of sp³-hybridized carbons (Fsp3) is 0.600. The predicted molar refractivity (Wildman–Crippen MR) is 79.0 cm³/mol. The molecule has 5 nitrogen and oxygen atoms in total. The molecule has 2 heterocycles. The van der Waals surface area contributed by atoms with Crippen molar-refractivity contribution in [2.45, 2.75) is 18.8 Å². The highest BCUT2D eigenvalue weighted by Gasteiger charge is 2.24. The summed E-state index contributed by atoms with van der Waals surface area (Å²) in [5.41, 5.74) is 1.13. The quantitative estimate of drug-likeness (QED) is 0.836. The topological polar surface area (TPSA) is 45.7 Å². The summed E-state index contributed by atoms with van der Waals surface area (Å²) in [5.74, 6) is 1.52. The number of likely N-dealkylation sites (tertiary alicyclic amines) is 1. The van der Waals surface area contributed by atoms with Crippen molar-refractivity contribution in [3.05, 3.63) is 23.9 Å². The number of amides is 1. The standard InChI is InChI=1S/C15H23N3O2/c1-17(2)14-6-4-5-13(16-14)12-7-9-18(10-8-12)15(19)11-20-3/h4-6,12H,7-11H2,1-3H3. The van der Waals surface area contributed by atoms with Crippen LogP contribution >= 0.6 is 0 Å². The number of piperidine rings is 1. The lowest BCUT2D eigenvalue weighted by Crippen LogP contribution is -2.39. The fourth-order valence-electron chi connectivity index (χ4n) is 2.56. The SMILES string of the molecule is COCC(=O)N1CCC(c2cccc(N(C)C)n2)CC1. The van der Waals surface area contributed by atoms with E-state index in [1.54, 1.807) is 7.11 Å². The first-order chi connectivity index (χ1) is 9.61. The molecule has 1 aliphatic heterocycles. The summed E-state index contributed by atoms with van der Waals surface area (Å²) in [7, 11) is 5.55. The largest absolute Gasteiger partial charge is 0.375 e. The normalized spacial score (nSPS) is 16.2. The lowest BCUT2D eigenvalue weighted by molar-refractivity contribution is -0.136. The molecular formula is C15H23N3O2. The molecule has 1 amide bonds. The molecule has 0 atom stereocenters. The van der Waals surface area contributed by atoms with Gasteiger partial charge in [0.2, 0.25) is 5.91 Å². The zero-order valence-corrected chi connectivity index (χ0v) is 12.5. The number of carbonyl (C=O) groups is 1. The van der Waals surface area contributed by atoms with Gasteiger partial charge in [-0.3, -0.25) is 4.79 Å². The van der Waals surface area contributed by atoms with E-state index in [1.807, 2.05) is 30.0 Å². The van der Waals surface area contributed by atoms with Gasteiger partial charge in [-0.15, -0.1) is 0 Å². The second kappa shape index (κ2) is 6.70. The van der Waals surface area contributed by atoms with Crippen LogP contribution in [0.15, 0.2) is 18.2 Å². The number of hydrogen-bond donors (Lipinski definition) is 0. The van der Waals surface area contributed by atoms with Gasteiger partial charge in [0.25, 0.3) is 0 Å². The molecule has 5 heteroatoms. The first-order valence-corrected chi connectivity index (χ1v) is 7.03. The Hall–Kier alpha value is -1.62. The van der Waals surface area contributed by atoms with Gasteiger partial charge in [0.05, 0.1) is 0 Å². The highest BCUT2D eigenvalue weighted by atomic mass is 16.5. The number of aromatic nitrogens is 1. The van der Waals surface area contributed by atoms with E-state index < -0.39 is 0 Å². The van der Waals surface area contributed by atoms with Crippen LogP contribution in [-0.2, 0) is 9.53 Å². The van der Waals surface area contributed by atoms with E-state index in [1.165, 1.54) is 0 Å². The van der Waals surface area contributed by atoms with Crippen LogP contribution in [0.5, 0.6) is 0 Å². The Labute approximate surface area is 120 Å². The number of pyridine rings is 1. The molecule has 2 rings (SSSR count). The predicted octanol–water partition coefficient (Wildman–Crippen LogP) is 1.50. The molecule has 1 saturated heterocycles. The number of anilines is 1. The Morgan fingerprint density at radius 2 is 2.10 bits per heavy atom. The van der Waals surface area contributed by atoms with E-state index in [0.29, 0.717) is 5.92 Å². The highest BCUT2D eigenvalue weighted by Crippen LogP contribution is 2.27. The van der Waals surface area contributed by atoms with Crippen LogP contribution in [0.4, 0.5) is 5.82 Å². The zero-order valence-electron chi connectivity index (χ0n) is 12.5. The fourth-order valence-corrected chi connectivity index (χ4v) is 2.56. The van der Waals surface area contributed by atoms with E-state index in [0.717, 1.165) is 37.4 Å². The van der Waals surface area contributed by atoms with Crippen LogP contribution in [0.25, 0.3) is 0 Å². The number of ether oxygens (including phenoxy) is 1. The maximum atomic E-state index is 11.8. The van der Waals surface area contributed by atoms with E-state index in [4.69, 9.17) is 9.72 Å². The van der Waals surface area contributed by atoms with Crippen molar-refractivity contribution in [1.29, 1.82) is 0 Å². The van der Waals surface area contributed by atoms with E-state index in [-0.39, 0.29) is 12.5 Å². The van der Waals surface area contributed by atoms with Gasteiger partial charge < -0.3 is 14.5 Å². The Bertz CT molecular complexity index is 454. The molecule has 110 valence electrons. The third kappa shape index (κ3) is 3.48. The lowest BCUT2D eigenvalue weighted by atomic mass is 9.93. The van der Waals surface area contributed by atoms with Gasteiger partial charge in [0.1, 0.15) is 12.4 Å². The van der Waals surface area contributed by atoms with Gasteiger partial charge >= 0.3 is 0 Å². The molecule has 0 bridgehead atoms. The van der Waals surface area contributed by atoms with Gasteiger partial charge in [-0.25, -0.2) is 4.98 Å². The van der Waals surface area contributed by atoms with Crippen LogP contribution in [0, 0.1) is 0 Å². The molecule has 0 unspecified atom stereocenters. The molecule has 1 aliphatic rings. The third-order valence-electron chi connectivity index (χ3n) is 3.75. The summed E-state index contributed by atoms with van der Waals surface area (Å²) < 4.78 is 4.90. The van der Waals surface area contributed by atoms with Crippen molar-refractivity contribution < 1.29 is 9.53 Å². The average Bonchev–Trinajstić information content (AvgIpc) is 2.48. The van der Waals surface area contributed by atoms with Gasteiger partial charge in [0.15, 0.2) is 0 Å². The van der Waals surface area contributed by atoms with Crippen LogP contribution in [0.2, 0.25) is 0 Å². The Balaban J connectivity index is 1.97. The molecule has 0 aliphatic carbocycles. The van der Waals surface area contributed by atoms with Crippen molar-refractivity contribution in [3.63, 3.8) is 0 Å². The maximum Gasteiger partial charge on any atom is 0.248 e. The minimum absolute atomic E-state index is 0.0842. The van der Waals surface area contributed by atoms with Crippen molar-refractivity contribution in [2.75, 3.05) is 45.8 Å². The second-order valence-electron chi connectivity index (χ2n) is 5.40. The van der Waals surface area contributed by atoms with Crippen molar-refractivity contribution in [3.8, 4) is 0 Å². The lowest BCUT2D eigenvalue weighted by Gasteiger charge is -2.31. The molecule has 1 fully saturated rings. The van der Waals surface area contributed by atoms with Gasteiger partial charge in [-0.2, -0.15) is 0 Å². The zero-order chi connectivity index (χ0) is 14.5. The average molecular weight is 277 g/mol. The van der Waals surface area contributed by atoms with Crippen LogP contribution < -0.4 is 4.90 Å². The van der Waals surface area contributed by atoms with Crippen LogP contribution in [-0.4, -0.2) is 56.7 Å². The number of methoxy groups -OCH3 is 1. The van der Waals surface area contributed by atoms with E-state index in [2.05, 4.69) is 12.1 Å². The number of rotatable bonds is 4. The van der Waals surface area contributed by atoms with Crippen LogP contribution in [0.1, 0.15) is 24.5 Å². The summed E-state index contributed by atoms with van der Waals surface area (Å²) in [5, 5.41) is 0. The first kappa shape index (κ1) is 14.8. The molecular weight excluding hydrogens is 254 g/mol. The minimum Gasteiger partial charge on any atom is -0.375 e. The molecule has 20 heavy (non-hydrogen) atoms. The smallest absolute Gasteiger partial charge is 0.248 e. The molecule has 0 radical (unpaired) electrons. The van der Waals surface area contributed by atoms with Gasteiger partial charge in [-0.1, -0.05) is 6.07 Å². The second-order valence-corrected chi connectivity index (χ2v) is 5.40. The van der Waals surface area contributed by atoms with Crippen molar-refractivity contribution in [2.24, 2.45) is 0 Å². The van der Waals surface area contributed by atoms with E-state index >= 15 is 0 Å². The van der Waals surface area contributed by atoms with Crippen LogP contribution in [0.3, 0.4) is 0 Å². The Morgan fingerprint density at radius 3 is 2.70 bits per heavy atom. The van der Waals surface area contributed by atoms with Crippen molar-refractivity contribution >= 4 is 11.7 Å². The molecule has 0 aromatic carbocycles. The maximum absolute atomic E-state index is 11.8.